The number of thiophene rings is 1. The van der Waals surface area contributed by atoms with Crippen molar-refractivity contribution in [1.82, 2.24) is 10.2 Å². The van der Waals surface area contributed by atoms with E-state index in [2.05, 4.69) is 5.32 Å². The molecule has 1 aromatic heterocycles. The zero-order valence-electron chi connectivity index (χ0n) is 11.7. The highest BCUT2D eigenvalue weighted by molar-refractivity contribution is 7.21. The van der Waals surface area contributed by atoms with Gasteiger partial charge in [-0.25, -0.2) is 8.78 Å². The van der Waals surface area contributed by atoms with Crippen molar-refractivity contribution in [3.63, 3.8) is 0 Å². The maximum absolute atomic E-state index is 14.7. The SMILES string of the molecule is O=C(c1cc2cccc(Cl)c2s1)N1C[C@@]2(F)CNC(=O)[C@@]2(F)C1. The van der Waals surface area contributed by atoms with Crippen LogP contribution in [0.1, 0.15) is 9.67 Å². The van der Waals surface area contributed by atoms with Crippen molar-refractivity contribution in [1.29, 1.82) is 0 Å². The van der Waals surface area contributed by atoms with E-state index in [0.29, 0.717) is 9.90 Å². The number of nitrogens with zero attached hydrogens (tertiary/aromatic N) is 1. The average molecular weight is 357 g/mol. The number of carbonyl (C=O) groups is 2. The van der Waals surface area contributed by atoms with E-state index in [1.165, 1.54) is 11.3 Å². The predicted octanol–water partition coefficient (Wildman–Crippen LogP) is 2.56. The Hall–Kier alpha value is -1.73. The van der Waals surface area contributed by atoms with Crippen LogP contribution >= 0.6 is 22.9 Å². The van der Waals surface area contributed by atoms with Gasteiger partial charge in [0.2, 0.25) is 5.67 Å². The minimum atomic E-state index is -2.67. The smallest absolute Gasteiger partial charge is 0.264 e. The molecule has 4 nitrogen and oxygen atoms in total. The van der Waals surface area contributed by atoms with Gasteiger partial charge in [0.25, 0.3) is 11.8 Å². The number of alkyl halides is 2. The third kappa shape index (κ3) is 1.93. The Labute approximate surface area is 139 Å². The van der Waals surface area contributed by atoms with Crippen molar-refractivity contribution < 1.29 is 18.4 Å². The van der Waals surface area contributed by atoms with Crippen LogP contribution in [0.3, 0.4) is 0 Å². The Morgan fingerprint density at radius 2 is 2.13 bits per heavy atom. The van der Waals surface area contributed by atoms with Gasteiger partial charge in [0.1, 0.15) is 0 Å². The third-order valence-electron chi connectivity index (χ3n) is 4.44. The van der Waals surface area contributed by atoms with Gasteiger partial charge in [-0.2, -0.15) is 0 Å². The van der Waals surface area contributed by atoms with Crippen LogP contribution in [0.5, 0.6) is 0 Å². The maximum Gasteiger partial charge on any atom is 0.264 e. The van der Waals surface area contributed by atoms with E-state index < -0.39 is 42.8 Å². The molecule has 8 heteroatoms. The van der Waals surface area contributed by atoms with Crippen molar-refractivity contribution >= 4 is 44.8 Å². The van der Waals surface area contributed by atoms with Gasteiger partial charge in [-0.3, -0.25) is 9.59 Å². The predicted molar refractivity (Wildman–Crippen MR) is 83.4 cm³/mol. The Morgan fingerprint density at radius 1 is 1.35 bits per heavy atom. The van der Waals surface area contributed by atoms with Crippen LogP contribution in [0.25, 0.3) is 10.1 Å². The van der Waals surface area contributed by atoms with Gasteiger partial charge in [0.05, 0.1) is 34.2 Å². The molecule has 3 heterocycles. The van der Waals surface area contributed by atoms with E-state index in [9.17, 15) is 18.4 Å². The molecule has 23 heavy (non-hydrogen) atoms. The highest BCUT2D eigenvalue weighted by atomic mass is 35.5. The molecule has 2 fully saturated rings. The molecule has 0 bridgehead atoms. The van der Waals surface area contributed by atoms with Gasteiger partial charge in [0, 0.05) is 0 Å². The molecule has 120 valence electrons. The number of hydrogen-bond acceptors (Lipinski definition) is 3. The Bertz CT molecular complexity index is 857. The molecule has 1 N–H and O–H groups in total. The first-order valence-corrected chi connectivity index (χ1v) is 8.17. The summed E-state index contributed by atoms with van der Waals surface area (Å²) >= 11 is 7.27. The molecule has 2 aliphatic heterocycles. The number of carbonyl (C=O) groups excluding carboxylic acids is 2. The van der Waals surface area contributed by atoms with Gasteiger partial charge < -0.3 is 10.2 Å². The highest BCUT2D eigenvalue weighted by Crippen LogP contribution is 2.43. The summed E-state index contributed by atoms with van der Waals surface area (Å²) in [7, 11) is 0. The van der Waals surface area contributed by atoms with E-state index in [1.54, 1.807) is 18.2 Å². The van der Waals surface area contributed by atoms with Gasteiger partial charge >= 0.3 is 0 Å². The van der Waals surface area contributed by atoms with E-state index >= 15 is 0 Å². The van der Waals surface area contributed by atoms with Crippen molar-refractivity contribution in [3.05, 3.63) is 34.2 Å². The summed E-state index contributed by atoms with van der Waals surface area (Å²) in [5.74, 6) is -1.48. The number of fused-ring (bicyclic) bond motifs is 2. The monoisotopic (exact) mass is 356 g/mol. The van der Waals surface area contributed by atoms with Crippen LogP contribution in [-0.4, -0.2) is 47.7 Å². The van der Waals surface area contributed by atoms with Crippen molar-refractivity contribution in [2.24, 2.45) is 0 Å². The second-order valence-electron chi connectivity index (χ2n) is 5.88. The maximum atomic E-state index is 14.7. The number of nitrogens with one attached hydrogen (secondary N) is 1. The van der Waals surface area contributed by atoms with Crippen molar-refractivity contribution in [2.75, 3.05) is 19.6 Å². The minimum absolute atomic E-state index is 0.348. The van der Waals surface area contributed by atoms with Crippen LogP contribution in [0.4, 0.5) is 8.78 Å². The number of halogens is 3. The number of likely N-dealkylation sites (tertiary alicyclic amines) is 1. The van der Waals surface area contributed by atoms with Gasteiger partial charge in [-0.15, -0.1) is 11.3 Å². The Kier molecular flexibility index (Phi) is 2.99. The number of benzene rings is 1. The summed E-state index contributed by atoms with van der Waals surface area (Å²) in [6.45, 7) is -1.43. The molecule has 1 aromatic carbocycles. The van der Waals surface area contributed by atoms with E-state index in [4.69, 9.17) is 11.6 Å². The molecule has 2 aliphatic rings. The largest absolute Gasteiger partial charge is 0.350 e. The number of amides is 2. The molecular weight excluding hydrogens is 346 g/mol. The topological polar surface area (TPSA) is 49.4 Å². The fraction of sp³-hybridized carbons (Fsp3) is 0.333. The normalized spacial score (nSPS) is 29.9. The zero-order chi connectivity index (χ0) is 16.4. The minimum Gasteiger partial charge on any atom is -0.350 e. The van der Waals surface area contributed by atoms with E-state index in [0.717, 1.165) is 15.0 Å². The zero-order valence-corrected chi connectivity index (χ0v) is 13.3. The molecule has 4 rings (SSSR count). The molecule has 0 saturated carbocycles. The van der Waals surface area contributed by atoms with Crippen LogP contribution < -0.4 is 5.32 Å². The summed E-state index contributed by atoms with van der Waals surface area (Å²) in [4.78, 5) is 25.6. The van der Waals surface area contributed by atoms with Crippen molar-refractivity contribution in [2.45, 2.75) is 11.3 Å². The van der Waals surface area contributed by atoms with Crippen LogP contribution in [0.15, 0.2) is 24.3 Å². The third-order valence-corrected chi connectivity index (χ3v) is 6.04. The summed E-state index contributed by atoms with van der Waals surface area (Å²) in [5, 5.41) is 3.51. The summed E-state index contributed by atoms with van der Waals surface area (Å²) in [6, 6.07) is 6.95. The Balaban J connectivity index is 1.67. The molecule has 0 unspecified atom stereocenters. The molecule has 2 atom stereocenters. The molecule has 0 radical (unpaired) electrons. The summed E-state index contributed by atoms with van der Waals surface area (Å²) < 4.78 is 30.1. The van der Waals surface area contributed by atoms with Crippen LogP contribution in [0, 0.1) is 0 Å². The molecule has 0 spiro atoms. The van der Waals surface area contributed by atoms with Crippen molar-refractivity contribution in [3.8, 4) is 0 Å². The number of rotatable bonds is 1. The van der Waals surface area contributed by atoms with Crippen LogP contribution in [-0.2, 0) is 4.79 Å². The van der Waals surface area contributed by atoms with Gasteiger partial charge in [0.15, 0.2) is 5.67 Å². The average Bonchev–Trinajstić information content (AvgIpc) is 3.11. The molecule has 2 amide bonds. The fourth-order valence-corrected chi connectivity index (χ4v) is 4.48. The Morgan fingerprint density at radius 3 is 2.83 bits per heavy atom. The number of hydrogen-bond donors (Lipinski definition) is 1. The summed E-state index contributed by atoms with van der Waals surface area (Å²) in [5.41, 5.74) is -5.04. The summed E-state index contributed by atoms with van der Waals surface area (Å²) in [6.07, 6.45) is 0. The lowest BCUT2D eigenvalue weighted by atomic mass is 9.93. The molecule has 2 saturated heterocycles. The standard InChI is InChI=1S/C15H11ClF2N2O2S/c16-9-3-1-2-8-4-10(23-11(8)9)12(21)20-6-14(17)5-19-13(22)15(14,18)7-20/h1-4H,5-7H2,(H,19,22)/t14-,15-/m0/s1. The van der Waals surface area contributed by atoms with Crippen LogP contribution in [0.2, 0.25) is 5.02 Å². The van der Waals surface area contributed by atoms with Gasteiger partial charge in [-0.1, -0.05) is 23.7 Å². The molecular formula is C15H11ClF2N2O2S. The van der Waals surface area contributed by atoms with E-state index in [-0.39, 0.29) is 0 Å². The molecule has 0 aliphatic carbocycles. The highest BCUT2D eigenvalue weighted by Gasteiger charge is 2.69. The van der Waals surface area contributed by atoms with E-state index in [1.807, 2.05) is 6.07 Å². The quantitative estimate of drug-likeness (QED) is 0.853. The first-order valence-electron chi connectivity index (χ1n) is 6.98. The lowest BCUT2D eigenvalue weighted by Gasteiger charge is -2.19. The first-order chi connectivity index (χ1) is 10.8. The van der Waals surface area contributed by atoms with Gasteiger partial charge in [-0.05, 0) is 17.5 Å². The second kappa shape index (κ2) is 4.64. The lowest BCUT2D eigenvalue weighted by Crippen LogP contribution is -2.47. The first kappa shape index (κ1) is 14.8. The fourth-order valence-electron chi connectivity index (χ4n) is 3.15. The molecule has 2 aromatic rings. The lowest BCUT2D eigenvalue weighted by molar-refractivity contribution is -0.132. The second-order valence-corrected chi connectivity index (χ2v) is 7.34.